The SMILES string of the molecule is OC[C@H](O)CNCc1ccc(O)c(Cl)c1. The number of aromatic hydroxyl groups is 1. The second-order valence-electron chi connectivity index (χ2n) is 3.25. The minimum absolute atomic E-state index is 0.0517. The second-order valence-corrected chi connectivity index (χ2v) is 3.66. The summed E-state index contributed by atoms with van der Waals surface area (Å²) < 4.78 is 0. The summed E-state index contributed by atoms with van der Waals surface area (Å²) in [5.41, 5.74) is 0.905. The number of aliphatic hydroxyl groups is 2. The second kappa shape index (κ2) is 5.92. The van der Waals surface area contributed by atoms with Gasteiger partial charge in [0.15, 0.2) is 0 Å². The van der Waals surface area contributed by atoms with Crippen LogP contribution >= 0.6 is 11.6 Å². The van der Waals surface area contributed by atoms with Crippen molar-refractivity contribution in [2.45, 2.75) is 12.6 Å². The predicted octanol–water partition coefficient (Wildman–Crippen LogP) is 0.488. The molecule has 0 saturated carbocycles. The van der Waals surface area contributed by atoms with Gasteiger partial charge >= 0.3 is 0 Å². The Kier molecular flexibility index (Phi) is 4.84. The molecular formula is C10H14ClNO3. The highest BCUT2D eigenvalue weighted by molar-refractivity contribution is 6.32. The van der Waals surface area contributed by atoms with Crippen LogP contribution in [0.3, 0.4) is 0 Å². The van der Waals surface area contributed by atoms with Gasteiger partial charge in [0.1, 0.15) is 5.75 Å². The van der Waals surface area contributed by atoms with E-state index in [4.69, 9.17) is 21.8 Å². The van der Waals surface area contributed by atoms with Gasteiger partial charge in [-0.1, -0.05) is 17.7 Å². The van der Waals surface area contributed by atoms with Crippen LogP contribution in [0.5, 0.6) is 5.75 Å². The largest absolute Gasteiger partial charge is 0.506 e. The highest BCUT2D eigenvalue weighted by Crippen LogP contribution is 2.23. The van der Waals surface area contributed by atoms with E-state index in [0.717, 1.165) is 5.56 Å². The summed E-state index contributed by atoms with van der Waals surface area (Å²) in [5, 5.41) is 30.0. The molecule has 0 spiro atoms. The molecule has 0 amide bonds. The van der Waals surface area contributed by atoms with Gasteiger partial charge in [-0.05, 0) is 17.7 Å². The first-order chi connectivity index (χ1) is 7.13. The molecule has 1 rings (SSSR count). The molecule has 0 aromatic heterocycles. The Morgan fingerprint density at radius 2 is 2.13 bits per heavy atom. The van der Waals surface area contributed by atoms with Crippen molar-refractivity contribution in [3.63, 3.8) is 0 Å². The molecule has 0 aliphatic rings. The molecule has 0 bridgehead atoms. The predicted molar refractivity (Wildman–Crippen MR) is 57.9 cm³/mol. The maximum Gasteiger partial charge on any atom is 0.134 e. The minimum Gasteiger partial charge on any atom is -0.506 e. The van der Waals surface area contributed by atoms with Crippen LogP contribution in [0.25, 0.3) is 0 Å². The van der Waals surface area contributed by atoms with Crippen LogP contribution in [0.1, 0.15) is 5.56 Å². The lowest BCUT2D eigenvalue weighted by Crippen LogP contribution is -2.28. The lowest BCUT2D eigenvalue weighted by molar-refractivity contribution is 0.0942. The Morgan fingerprint density at radius 3 is 2.73 bits per heavy atom. The number of hydrogen-bond donors (Lipinski definition) is 4. The topological polar surface area (TPSA) is 72.7 Å². The third kappa shape index (κ3) is 4.05. The fourth-order valence-corrected chi connectivity index (χ4v) is 1.31. The van der Waals surface area contributed by atoms with Crippen LogP contribution in [0.4, 0.5) is 0 Å². The monoisotopic (exact) mass is 231 g/mol. The van der Waals surface area contributed by atoms with Gasteiger partial charge in [0.2, 0.25) is 0 Å². The zero-order chi connectivity index (χ0) is 11.3. The van der Waals surface area contributed by atoms with Crippen molar-refractivity contribution >= 4 is 11.6 Å². The first-order valence-electron chi connectivity index (χ1n) is 4.60. The maximum absolute atomic E-state index is 9.17. The van der Waals surface area contributed by atoms with E-state index in [9.17, 15) is 5.11 Å². The third-order valence-electron chi connectivity index (χ3n) is 1.93. The molecule has 0 fully saturated rings. The summed E-state index contributed by atoms with van der Waals surface area (Å²) in [6, 6.07) is 4.90. The Hall–Kier alpha value is -0.810. The molecule has 1 atom stereocenters. The van der Waals surface area contributed by atoms with E-state index in [1.807, 2.05) is 0 Å². The van der Waals surface area contributed by atoms with E-state index in [-0.39, 0.29) is 12.4 Å². The molecule has 0 radical (unpaired) electrons. The van der Waals surface area contributed by atoms with Gasteiger partial charge in [-0.25, -0.2) is 0 Å². The average molecular weight is 232 g/mol. The molecule has 0 aliphatic carbocycles. The minimum atomic E-state index is -0.752. The van der Waals surface area contributed by atoms with Crippen LogP contribution < -0.4 is 5.32 Å². The fraction of sp³-hybridized carbons (Fsp3) is 0.400. The normalized spacial score (nSPS) is 12.7. The standard InChI is InChI=1S/C10H14ClNO3/c11-9-3-7(1-2-10(9)15)4-12-5-8(14)6-13/h1-3,8,12-15H,4-6H2/t8-/m1/s1. The Labute approximate surface area is 93.1 Å². The molecule has 84 valence electrons. The maximum atomic E-state index is 9.17. The van der Waals surface area contributed by atoms with E-state index in [2.05, 4.69) is 5.32 Å². The highest BCUT2D eigenvalue weighted by atomic mass is 35.5. The number of phenolic OH excluding ortho intramolecular Hbond substituents is 1. The highest BCUT2D eigenvalue weighted by Gasteiger charge is 2.02. The number of aliphatic hydroxyl groups excluding tert-OH is 2. The Morgan fingerprint density at radius 1 is 1.40 bits per heavy atom. The van der Waals surface area contributed by atoms with Crippen LogP contribution in [0.15, 0.2) is 18.2 Å². The average Bonchev–Trinajstić information content (AvgIpc) is 2.23. The van der Waals surface area contributed by atoms with E-state index in [1.54, 1.807) is 12.1 Å². The number of nitrogens with one attached hydrogen (secondary N) is 1. The van der Waals surface area contributed by atoms with Crippen molar-refractivity contribution in [3.05, 3.63) is 28.8 Å². The molecular weight excluding hydrogens is 218 g/mol. The zero-order valence-electron chi connectivity index (χ0n) is 8.15. The van der Waals surface area contributed by atoms with E-state index < -0.39 is 6.10 Å². The van der Waals surface area contributed by atoms with Crippen molar-refractivity contribution < 1.29 is 15.3 Å². The first kappa shape index (κ1) is 12.3. The summed E-state index contributed by atoms with van der Waals surface area (Å²) >= 11 is 5.72. The smallest absolute Gasteiger partial charge is 0.134 e. The lowest BCUT2D eigenvalue weighted by Gasteiger charge is -2.09. The fourth-order valence-electron chi connectivity index (χ4n) is 1.11. The van der Waals surface area contributed by atoms with Gasteiger partial charge in [0, 0.05) is 13.1 Å². The van der Waals surface area contributed by atoms with Crippen molar-refractivity contribution in [3.8, 4) is 5.75 Å². The molecule has 0 unspecified atom stereocenters. The summed E-state index contributed by atoms with van der Waals surface area (Å²) in [5.74, 6) is 0.0517. The van der Waals surface area contributed by atoms with Gasteiger partial charge in [-0.3, -0.25) is 0 Å². The van der Waals surface area contributed by atoms with Gasteiger partial charge < -0.3 is 20.6 Å². The third-order valence-corrected chi connectivity index (χ3v) is 2.23. The van der Waals surface area contributed by atoms with Crippen LogP contribution in [0, 0.1) is 0 Å². The van der Waals surface area contributed by atoms with Crippen molar-refractivity contribution in [1.82, 2.24) is 5.32 Å². The van der Waals surface area contributed by atoms with Gasteiger partial charge in [0.25, 0.3) is 0 Å². The molecule has 1 aromatic rings. The number of rotatable bonds is 5. The first-order valence-corrected chi connectivity index (χ1v) is 4.98. The van der Waals surface area contributed by atoms with Crippen LogP contribution in [-0.2, 0) is 6.54 Å². The van der Waals surface area contributed by atoms with E-state index in [0.29, 0.717) is 18.1 Å². The van der Waals surface area contributed by atoms with Gasteiger partial charge in [0.05, 0.1) is 17.7 Å². The molecule has 1 aromatic carbocycles. The molecule has 15 heavy (non-hydrogen) atoms. The number of hydrogen-bond acceptors (Lipinski definition) is 4. The number of phenols is 1. The summed E-state index contributed by atoms with van der Waals surface area (Å²) in [6.45, 7) is 0.579. The summed E-state index contributed by atoms with van der Waals surface area (Å²) in [7, 11) is 0. The quantitative estimate of drug-likeness (QED) is 0.595. The summed E-state index contributed by atoms with van der Waals surface area (Å²) in [6.07, 6.45) is -0.752. The molecule has 5 heteroatoms. The van der Waals surface area contributed by atoms with Gasteiger partial charge in [-0.15, -0.1) is 0 Å². The van der Waals surface area contributed by atoms with Crippen molar-refractivity contribution in [2.24, 2.45) is 0 Å². The van der Waals surface area contributed by atoms with E-state index in [1.165, 1.54) is 6.07 Å². The molecule has 4 N–H and O–H groups in total. The van der Waals surface area contributed by atoms with Crippen molar-refractivity contribution in [2.75, 3.05) is 13.2 Å². The number of benzene rings is 1. The van der Waals surface area contributed by atoms with Gasteiger partial charge in [-0.2, -0.15) is 0 Å². The zero-order valence-corrected chi connectivity index (χ0v) is 8.91. The van der Waals surface area contributed by atoms with Crippen molar-refractivity contribution in [1.29, 1.82) is 0 Å². The lowest BCUT2D eigenvalue weighted by atomic mass is 10.2. The Balaban J connectivity index is 2.41. The van der Waals surface area contributed by atoms with Crippen LogP contribution in [-0.4, -0.2) is 34.6 Å². The Bertz CT molecular complexity index is 320. The molecule has 0 saturated heterocycles. The summed E-state index contributed by atoms with van der Waals surface area (Å²) in [4.78, 5) is 0. The van der Waals surface area contributed by atoms with Crippen LogP contribution in [0.2, 0.25) is 5.02 Å². The molecule has 0 heterocycles. The molecule has 4 nitrogen and oxygen atoms in total. The number of halogens is 1. The van der Waals surface area contributed by atoms with E-state index >= 15 is 0 Å². The molecule has 0 aliphatic heterocycles.